The van der Waals surface area contributed by atoms with Crippen LogP contribution in [0.15, 0.2) is 42.5 Å². The van der Waals surface area contributed by atoms with Gasteiger partial charge in [-0.15, -0.1) is 0 Å². The number of hydrogen-bond donors (Lipinski definition) is 1. The Bertz CT molecular complexity index is 615. The van der Waals surface area contributed by atoms with Gasteiger partial charge in [0.05, 0.1) is 11.6 Å². The van der Waals surface area contributed by atoms with Crippen LogP contribution in [-0.4, -0.2) is 0 Å². The van der Waals surface area contributed by atoms with Crippen LogP contribution in [0.2, 0.25) is 0 Å². The number of nitrogens with two attached hydrogens (primary N) is 1. The number of rotatable bonds is 3. The Kier molecular flexibility index (Phi) is 3.79. The van der Waals surface area contributed by atoms with Gasteiger partial charge in [-0.05, 0) is 48.9 Å². The third-order valence-corrected chi connectivity index (χ3v) is 2.69. The van der Waals surface area contributed by atoms with Gasteiger partial charge < -0.3 is 10.5 Å². The Hall–Kier alpha value is -2.38. The van der Waals surface area contributed by atoms with E-state index in [1.165, 1.54) is 6.07 Å². The van der Waals surface area contributed by atoms with Crippen LogP contribution in [0.4, 0.5) is 4.39 Å². The lowest BCUT2D eigenvalue weighted by atomic mass is 10.1. The second-order valence-corrected chi connectivity index (χ2v) is 4.22. The molecule has 0 aliphatic carbocycles. The highest BCUT2D eigenvalue weighted by molar-refractivity contribution is 5.38. The van der Waals surface area contributed by atoms with Crippen LogP contribution in [0.25, 0.3) is 0 Å². The highest BCUT2D eigenvalue weighted by Gasteiger charge is 2.08. The van der Waals surface area contributed by atoms with E-state index in [9.17, 15) is 4.39 Å². The molecule has 0 fully saturated rings. The van der Waals surface area contributed by atoms with Crippen molar-refractivity contribution in [1.82, 2.24) is 0 Å². The largest absolute Gasteiger partial charge is 0.454 e. The number of hydrogen-bond acceptors (Lipinski definition) is 3. The summed E-state index contributed by atoms with van der Waals surface area (Å²) >= 11 is 0. The van der Waals surface area contributed by atoms with Crippen LogP contribution >= 0.6 is 0 Å². The van der Waals surface area contributed by atoms with Gasteiger partial charge in [0.1, 0.15) is 5.75 Å². The maximum Gasteiger partial charge on any atom is 0.166 e. The van der Waals surface area contributed by atoms with E-state index < -0.39 is 5.82 Å². The van der Waals surface area contributed by atoms with Gasteiger partial charge in [-0.25, -0.2) is 4.39 Å². The molecular weight excluding hydrogens is 243 g/mol. The van der Waals surface area contributed by atoms with Crippen molar-refractivity contribution in [2.75, 3.05) is 0 Å². The molecule has 0 amide bonds. The average Bonchev–Trinajstić information content (AvgIpc) is 2.41. The lowest BCUT2D eigenvalue weighted by Crippen LogP contribution is -2.05. The molecule has 0 aliphatic rings. The minimum Gasteiger partial charge on any atom is -0.454 e. The van der Waals surface area contributed by atoms with E-state index in [2.05, 4.69) is 0 Å². The first-order valence-corrected chi connectivity index (χ1v) is 5.83. The molecule has 2 aromatic rings. The minimum atomic E-state index is -0.459. The first kappa shape index (κ1) is 13.1. The molecule has 19 heavy (non-hydrogen) atoms. The fourth-order valence-corrected chi connectivity index (χ4v) is 1.61. The van der Waals surface area contributed by atoms with Crippen molar-refractivity contribution >= 4 is 0 Å². The fraction of sp³-hybridized carbons (Fsp3) is 0.133. The zero-order valence-electron chi connectivity index (χ0n) is 10.4. The number of ether oxygens (including phenoxy) is 1. The molecule has 96 valence electrons. The van der Waals surface area contributed by atoms with Gasteiger partial charge in [0.15, 0.2) is 11.6 Å². The zero-order chi connectivity index (χ0) is 13.8. The van der Waals surface area contributed by atoms with Crippen molar-refractivity contribution in [2.45, 2.75) is 13.0 Å². The van der Waals surface area contributed by atoms with Crippen LogP contribution in [0.3, 0.4) is 0 Å². The Balaban J connectivity index is 2.21. The monoisotopic (exact) mass is 256 g/mol. The Labute approximate surface area is 111 Å². The van der Waals surface area contributed by atoms with Crippen molar-refractivity contribution < 1.29 is 9.13 Å². The summed E-state index contributed by atoms with van der Waals surface area (Å²) in [6.07, 6.45) is 0. The molecule has 0 saturated heterocycles. The summed E-state index contributed by atoms with van der Waals surface area (Å²) in [5.74, 6) is 0.153. The Morgan fingerprint density at radius 3 is 2.42 bits per heavy atom. The maximum atomic E-state index is 13.8. The van der Waals surface area contributed by atoms with Gasteiger partial charge in [0.25, 0.3) is 0 Å². The van der Waals surface area contributed by atoms with Gasteiger partial charge in [-0.2, -0.15) is 5.26 Å². The van der Waals surface area contributed by atoms with Crippen molar-refractivity contribution in [3.8, 4) is 17.6 Å². The van der Waals surface area contributed by atoms with Crippen LogP contribution in [0, 0.1) is 17.1 Å². The van der Waals surface area contributed by atoms with Gasteiger partial charge in [0, 0.05) is 6.04 Å². The third kappa shape index (κ3) is 3.09. The summed E-state index contributed by atoms with van der Waals surface area (Å²) in [5.41, 5.74) is 6.92. The summed E-state index contributed by atoms with van der Waals surface area (Å²) in [4.78, 5) is 0. The smallest absolute Gasteiger partial charge is 0.166 e. The van der Waals surface area contributed by atoms with Crippen molar-refractivity contribution in [3.63, 3.8) is 0 Å². The highest BCUT2D eigenvalue weighted by atomic mass is 19.1. The van der Waals surface area contributed by atoms with Gasteiger partial charge in [-0.3, -0.25) is 0 Å². The number of benzene rings is 2. The van der Waals surface area contributed by atoms with Gasteiger partial charge >= 0.3 is 0 Å². The first-order chi connectivity index (χ1) is 9.10. The minimum absolute atomic E-state index is 0.133. The molecule has 1 unspecified atom stereocenters. The van der Waals surface area contributed by atoms with Crippen LogP contribution in [-0.2, 0) is 0 Å². The number of nitriles is 1. The summed E-state index contributed by atoms with van der Waals surface area (Å²) in [5, 5.41) is 8.68. The zero-order valence-corrected chi connectivity index (χ0v) is 10.4. The SMILES string of the molecule is CC(N)c1ccc(Oc2ccc(C#N)cc2)c(F)c1. The Morgan fingerprint density at radius 1 is 1.21 bits per heavy atom. The molecule has 2 rings (SSSR count). The molecule has 0 heterocycles. The Morgan fingerprint density at radius 2 is 1.89 bits per heavy atom. The second kappa shape index (κ2) is 5.51. The molecular formula is C15H13FN2O. The molecule has 0 spiro atoms. The molecule has 0 aliphatic heterocycles. The quantitative estimate of drug-likeness (QED) is 0.914. The molecule has 1 atom stereocenters. The van der Waals surface area contributed by atoms with Crippen molar-refractivity contribution in [1.29, 1.82) is 5.26 Å². The maximum absolute atomic E-state index is 13.8. The lowest BCUT2D eigenvalue weighted by Gasteiger charge is -2.10. The third-order valence-electron chi connectivity index (χ3n) is 2.69. The molecule has 0 radical (unpaired) electrons. The van der Waals surface area contributed by atoms with Crippen LogP contribution in [0.1, 0.15) is 24.1 Å². The summed E-state index contributed by atoms with van der Waals surface area (Å²) in [7, 11) is 0. The topological polar surface area (TPSA) is 59.0 Å². The fourth-order valence-electron chi connectivity index (χ4n) is 1.61. The van der Waals surface area contributed by atoms with E-state index in [1.807, 2.05) is 6.07 Å². The molecule has 3 nitrogen and oxygen atoms in total. The predicted molar refractivity (Wildman–Crippen MR) is 70.2 cm³/mol. The van der Waals surface area contributed by atoms with Crippen molar-refractivity contribution in [3.05, 3.63) is 59.4 Å². The summed E-state index contributed by atoms with van der Waals surface area (Å²) in [6.45, 7) is 1.79. The molecule has 0 aromatic heterocycles. The average molecular weight is 256 g/mol. The standard InChI is InChI=1S/C15H13FN2O/c1-10(18)12-4-7-15(14(16)8-12)19-13-5-2-11(9-17)3-6-13/h2-8,10H,18H2,1H3. The lowest BCUT2D eigenvalue weighted by molar-refractivity contribution is 0.441. The first-order valence-electron chi connectivity index (χ1n) is 5.83. The molecule has 0 bridgehead atoms. The van der Waals surface area contributed by atoms with E-state index in [4.69, 9.17) is 15.7 Å². The molecule has 4 heteroatoms. The predicted octanol–water partition coefficient (Wildman–Crippen LogP) is 3.51. The summed E-state index contributed by atoms with van der Waals surface area (Å²) in [6, 6.07) is 12.9. The molecule has 2 N–H and O–H groups in total. The van der Waals surface area contributed by atoms with E-state index in [1.54, 1.807) is 43.3 Å². The normalized spacial score (nSPS) is 11.7. The van der Waals surface area contributed by atoms with E-state index in [0.29, 0.717) is 16.9 Å². The molecule has 0 saturated carbocycles. The van der Waals surface area contributed by atoms with E-state index >= 15 is 0 Å². The van der Waals surface area contributed by atoms with E-state index in [-0.39, 0.29) is 11.8 Å². The van der Waals surface area contributed by atoms with E-state index in [0.717, 1.165) is 0 Å². The summed E-state index contributed by atoms with van der Waals surface area (Å²) < 4.78 is 19.2. The highest BCUT2D eigenvalue weighted by Crippen LogP contribution is 2.26. The van der Waals surface area contributed by atoms with Crippen molar-refractivity contribution in [2.24, 2.45) is 5.73 Å². The van der Waals surface area contributed by atoms with Gasteiger partial charge in [0.2, 0.25) is 0 Å². The number of nitrogens with zero attached hydrogens (tertiary/aromatic N) is 1. The molecule has 2 aromatic carbocycles. The van der Waals surface area contributed by atoms with Crippen LogP contribution in [0.5, 0.6) is 11.5 Å². The van der Waals surface area contributed by atoms with Crippen LogP contribution < -0.4 is 10.5 Å². The second-order valence-electron chi connectivity index (χ2n) is 4.22. The number of halogens is 1. The van der Waals surface area contributed by atoms with Gasteiger partial charge in [-0.1, -0.05) is 6.07 Å².